The molecule has 1 aliphatic carbocycles. The number of alkyl halides is 3. The van der Waals surface area contributed by atoms with Gasteiger partial charge in [-0.25, -0.2) is 9.78 Å². The molecule has 0 spiro atoms. The van der Waals surface area contributed by atoms with Crippen LogP contribution in [0.15, 0.2) is 67.0 Å². The van der Waals surface area contributed by atoms with Crippen LogP contribution in [0.2, 0.25) is 0 Å². The van der Waals surface area contributed by atoms with Gasteiger partial charge in [-0.15, -0.1) is 0 Å². The molecule has 1 saturated heterocycles. The van der Waals surface area contributed by atoms with Gasteiger partial charge < -0.3 is 30.1 Å². The molecule has 2 aliphatic rings. The van der Waals surface area contributed by atoms with Crippen molar-refractivity contribution < 1.29 is 42.9 Å². The smallest absolute Gasteiger partial charge is 0.481 e. The Hall–Kier alpha value is -4.23. The van der Waals surface area contributed by atoms with Crippen LogP contribution in [0.25, 0.3) is 11.3 Å². The fourth-order valence-corrected chi connectivity index (χ4v) is 5.94. The second-order valence-corrected chi connectivity index (χ2v) is 11.0. The van der Waals surface area contributed by atoms with E-state index in [0.29, 0.717) is 43.9 Å². The first-order valence-corrected chi connectivity index (χ1v) is 14.3. The number of nitrogens with zero attached hydrogens (tertiary/aromatic N) is 3. The second-order valence-electron chi connectivity index (χ2n) is 11.0. The molecule has 3 aromatic rings. The molecule has 0 radical (unpaired) electrons. The van der Waals surface area contributed by atoms with Crippen molar-refractivity contribution in [2.75, 3.05) is 19.6 Å². The summed E-state index contributed by atoms with van der Waals surface area (Å²) >= 11 is 0. The van der Waals surface area contributed by atoms with Crippen molar-refractivity contribution in [1.29, 1.82) is 0 Å². The normalized spacial score (nSPS) is 22.0. The zero-order valence-electron chi connectivity index (χ0n) is 23.9. The summed E-state index contributed by atoms with van der Waals surface area (Å²) in [6, 6.07) is 19.3. The van der Waals surface area contributed by atoms with Crippen LogP contribution in [0.3, 0.4) is 0 Å². The molecule has 236 valence electrons. The number of amides is 1. The van der Waals surface area contributed by atoms with E-state index in [1.54, 1.807) is 6.33 Å². The first-order valence-electron chi connectivity index (χ1n) is 14.3. The number of carboxylic acids is 2. The van der Waals surface area contributed by atoms with Gasteiger partial charge in [-0.1, -0.05) is 73.5 Å². The van der Waals surface area contributed by atoms with Crippen LogP contribution in [0.1, 0.15) is 54.2 Å². The molecule has 1 saturated carbocycles. The van der Waals surface area contributed by atoms with Crippen LogP contribution in [0.5, 0.6) is 0 Å². The van der Waals surface area contributed by atoms with Crippen molar-refractivity contribution in [3.63, 3.8) is 0 Å². The molecule has 4 N–H and O–H groups in total. The summed E-state index contributed by atoms with van der Waals surface area (Å²) in [6.07, 6.45) is -0.407. The number of carboxylic acid groups (broad SMARTS) is 2. The van der Waals surface area contributed by atoms with E-state index in [2.05, 4.69) is 22.4 Å². The molecule has 44 heavy (non-hydrogen) atoms. The number of halogens is 3. The number of carbonyl (C=O) groups is 3. The van der Waals surface area contributed by atoms with Crippen molar-refractivity contribution in [2.24, 2.45) is 0 Å². The number of nitrogens with one attached hydrogen (secondary N) is 1. The first kappa shape index (κ1) is 32.7. The maximum atomic E-state index is 14.1. The number of rotatable bonds is 7. The van der Waals surface area contributed by atoms with E-state index in [1.807, 2.05) is 58.0 Å². The van der Waals surface area contributed by atoms with E-state index < -0.39 is 29.8 Å². The van der Waals surface area contributed by atoms with Crippen molar-refractivity contribution in [2.45, 2.75) is 62.4 Å². The van der Waals surface area contributed by atoms with Crippen LogP contribution in [0.4, 0.5) is 13.2 Å². The van der Waals surface area contributed by atoms with Gasteiger partial charge in [0.05, 0.1) is 30.1 Å². The third kappa shape index (κ3) is 7.83. The molecule has 2 heterocycles. The summed E-state index contributed by atoms with van der Waals surface area (Å²) in [5.74, 6) is -3.93. The summed E-state index contributed by atoms with van der Waals surface area (Å²) < 4.78 is 33.6. The number of carbonyl (C=O) groups excluding carboxylic acids is 1. The molecule has 13 heteroatoms. The second kappa shape index (κ2) is 14.0. The fourth-order valence-electron chi connectivity index (χ4n) is 5.94. The predicted molar refractivity (Wildman–Crippen MR) is 154 cm³/mol. The molecule has 1 aromatic heterocycles. The number of piperazine rings is 1. The minimum absolute atomic E-state index is 0.0175. The van der Waals surface area contributed by atoms with E-state index in [4.69, 9.17) is 9.90 Å². The lowest BCUT2D eigenvalue weighted by Crippen LogP contribution is -2.54. The summed E-state index contributed by atoms with van der Waals surface area (Å²) in [7, 11) is 0. The average Bonchev–Trinajstić information content (AvgIpc) is 3.42. The Morgan fingerprint density at radius 3 is 2.25 bits per heavy atom. The Morgan fingerprint density at radius 1 is 1.00 bits per heavy atom. The monoisotopic (exact) mass is 616 g/mol. The molecular formula is C31H35F3N4O6. The van der Waals surface area contributed by atoms with E-state index in [-0.39, 0.29) is 18.4 Å². The molecule has 3 atom stereocenters. The van der Waals surface area contributed by atoms with E-state index in [9.17, 15) is 33.0 Å². The minimum atomic E-state index is -5.08. The summed E-state index contributed by atoms with van der Waals surface area (Å²) in [5.41, 5.74) is 1.57. The van der Waals surface area contributed by atoms with Crippen LogP contribution in [0, 0.1) is 0 Å². The lowest BCUT2D eigenvalue weighted by Gasteiger charge is -2.40. The molecule has 1 unspecified atom stereocenters. The lowest BCUT2D eigenvalue weighted by atomic mass is 9.77. The van der Waals surface area contributed by atoms with Crippen molar-refractivity contribution in [3.05, 3.63) is 78.2 Å². The largest absolute Gasteiger partial charge is 0.490 e. The van der Waals surface area contributed by atoms with Crippen LogP contribution < -0.4 is 5.32 Å². The van der Waals surface area contributed by atoms with Gasteiger partial charge in [0.1, 0.15) is 0 Å². The van der Waals surface area contributed by atoms with E-state index in [1.165, 1.54) is 5.56 Å². The van der Waals surface area contributed by atoms with Gasteiger partial charge in [-0.2, -0.15) is 13.2 Å². The highest BCUT2D eigenvalue weighted by Gasteiger charge is 2.44. The summed E-state index contributed by atoms with van der Waals surface area (Å²) in [5, 5.41) is 31.6. The van der Waals surface area contributed by atoms with Gasteiger partial charge in [0, 0.05) is 31.2 Å². The Kier molecular flexibility index (Phi) is 10.4. The van der Waals surface area contributed by atoms with Gasteiger partial charge in [0.25, 0.3) is 5.91 Å². The Bertz CT molecular complexity index is 1430. The molecule has 5 rings (SSSR count). The Morgan fingerprint density at radius 2 is 1.64 bits per heavy atom. The maximum Gasteiger partial charge on any atom is 0.490 e. The standard InChI is InChI=1S/C29H34N4O4.C2HF3O2/c34-25(35)18-29(37)14-8-7-13-24(29)33-20-31-26(27(33)22-11-5-2-6-12-22)28(36)32-16-15-30-19-23(32)17-21-9-3-1-4-10-21;3-2(4,5)1(6)7/h1-6,9-12,20,23-24,30,37H,7-8,13-19H2,(H,34,35);(H,6,7)/t23-,24+,29?;/m1./s1. The molecule has 2 fully saturated rings. The SMILES string of the molecule is O=C(O)C(F)(F)F.O=C(O)CC1(O)CCCC[C@@H]1n1cnc(C(=O)N2CCNC[C@H]2Cc2ccccc2)c1-c1ccccc1. The third-order valence-electron chi connectivity index (χ3n) is 7.96. The Labute approximate surface area is 252 Å². The number of benzene rings is 2. The minimum Gasteiger partial charge on any atom is -0.481 e. The van der Waals surface area contributed by atoms with E-state index in [0.717, 1.165) is 24.8 Å². The molecule has 10 nitrogen and oxygen atoms in total. The van der Waals surface area contributed by atoms with E-state index >= 15 is 0 Å². The zero-order chi connectivity index (χ0) is 31.9. The summed E-state index contributed by atoms with van der Waals surface area (Å²) in [6.45, 7) is 1.98. The zero-order valence-corrected chi connectivity index (χ0v) is 23.9. The van der Waals surface area contributed by atoms with Crippen LogP contribution in [-0.2, 0) is 16.0 Å². The first-order chi connectivity index (χ1) is 20.9. The van der Waals surface area contributed by atoms with Crippen molar-refractivity contribution in [3.8, 4) is 11.3 Å². The van der Waals surface area contributed by atoms with Crippen molar-refractivity contribution in [1.82, 2.24) is 19.8 Å². The average molecular weight is 617 g/mol. The van der Waals surface area contributed by atoms with Gasteiger partial charge in [-0.3, -0.25) is 9.59 Å². The molecule has 0 bridgehead atoms. The molecule has 1 amide bonds. The van der Waals surface area contributed by atoms with Gasteiger partial charge in [-0.05, 0) is 24.8 Å². The maximum absolute atomic E-state index is 14.1. The molecular weight excluding hydrogens is 581 g/mol. The fraction of sp³-hybridized carbons (Fsp3) is 0.419. The van der Waals surface area contributed by atoms with Crippen molar-refractivity contribution >= 4 is 17.8 Å². The number of aliphatic carboxylic acids is 2. The highest BCUT2D eigenvalue weighted by molar-refractivity contribution is 5.98. The predicted octanol–water partition coefficient (Wildman–Crippen LogP) is 4.16. The lowest BCUT2D eigenvalue weighted by molar-refractivity contribution is -0.192. The molecule has 2 aromatic carbocycles. The number of hydrogen-bond acceptors (Lipinski definition) is 6. The third-order valence-corrected chi connectivity index (χ3v) is 7.96. The number of aromatic nitrogens is 2. The highest BCUT2D eigenvalue weighted by atomic mass is 19.4. The number of hydrogen-bond donors (Lipinski definition) is 4. The number of aliphatic hydroxyl groups is 1. The number of imidazole rings is 1. The van der Waals surface area contributed by atoms with Crippen LogP contribution >= 0.6 is 0 Å². The van der Waals surface area contributed by atoms with Crippen LogP contribution in [-0.4, -0.2) is 85.1 Å². The van der Waals surface area contributed by atoms with Gasteiger partial charge >= 0.3 is 18.1 Å². The summed E-state index contributed by atoms with van der Waals surface area (Å²) in [4.78, 5) is 41.2. The topological polar surface area (TPSA) is 145 Å². The Balaban J connectivity index is 0.000000566. The highest BCUT2D eigenvalue weighted by Crippen LogP contribution is 2.42. The van der Waals surface area contributed by atoms with Gasteiger partial charge in [0.15, 0.2) is 5.69 Å². The molecule has 1 aliphatic heterocycles. The quantitative estimate of drug-likeness (QED) is 0.310. The van der Waals surface area contributed by atoms with Gasteiger partial charge in [0.2, 0.25) is 0 Å².